The lowest BCUT2D eigenvalue weighted by Crippen LogP contribution is -2.60. The quantitative estimate of drug-likeness (QED) is 0.598. The zero-order valence-corrected chi connectivity index (χ0v) is 14.2. The number of hydrogen-bond donors (Lipinski definition) is 2. The fraction of sp³-hybridized carbons (Fsp3) is 0.467. The summed E-state index contributed by atoms with van der Waals surface area (Å²) < 4.78 is 10.1. The molecule has 1 aliphatic heterocycles. The molecule has 0 unspecified atom stereocenters. The number of carbonyl (C=O) groups excluding carboxylic acids is 3. The Kier molecular flexibility index (Phi) is 5.91. The number of hydrogen-bond acceptors (Lipinski definition) is 6. The first-order valence-electron chi connectivity index (χ1n) is 7.51. The lowest BCUT2D eigenvalue weighted by atomic mass is 10.1. The number of nitrogens with zero attached hydrogens (tertiary/aromatic N) is 1. The SMILES string of the molecule is CC(C)OC(=O)C[C@H]1C(=O)NCCN1C(=S)NC(=O)c1ccco1. The Morgan fingerprint density at radius 1 is 1.54 bits per heavy atom. The molecule has 1 atom stereocenters. The number of thiocarbonyl (C=S) groups is 1. The van der Waals surface area contributed by atoms with Crippen LogP contribution >= 0.6 is 12.2 Å². The van der Waals surface area contributed by atoms with Crippen molar-refractivity contribution in [3.63, 3.8) is 0 Å². The van der Waals surface area contributed by atoms with Gasteiger partial charge in [-0.15, -0.1) is 0 Å². The molecule has 0 saturated carbocycles. The van der Waals surface area contributed by atoms with Crippen LogP contribution in [0.2, 0.25) is 0 Å². The predicted molar refractivity (Wildman–Crippen MR) is 88.1 cm³/mol. The van der Waals surface area contributed by atoms with Crippen molar-refractivity contribution in [2.24, 2.45) is 0 Å². The Balaban J connectivity index is 2.04. The molecular weight excluding hydrogens is 334 g/mol. The summed E-state index contributed by atoms with van der Waals surface area (Å²) >= 11 is 5.22. The van der Waals surface area contributed by atoms with Crippen LogP contribution < -0.4 is 10.6 Å². The second-order valence-corrected chi connectivity index (χ2v) is 5.87. The Bertz CT molecular complexity index is 629. The molecule has 130 valence electrons. The highest BCUT2D eigenvalue weighted by atomic mass is 32.1. The Labute approximate surface area is 144 Å². The second kappa shape index (κ2) is 7.91. The van der Waals surface area contributed by atoms with Gasteiger partial charge in [-0.3, -0.25) is 19.7 Å². The van der Waals surface area contributed by atoms with E-state index in [1.54, 1.807) is 19.9 Å². The first kappa shape index (κ1) is 17.9. The molecule has 2 rings (SSSR count). The van der Waals surface area contributed by atoms with Crippen LogP contribution in [0.3, 0.4) is 0 Å². The van der Waals surface area contributed by atoms with E-state index >= 15 is 0 Å². The van der Waals surface area contributed by atoms with Crippen LogP contribution in [0.25, 0.3) is 0 Å². The molecule has 2 N–H and O–H groups in total. The number of ether oxygens (including phenoxy) is 1. The molecule has 9 heteroatoms. The number of amides is 2. The van der Waals surface area contributed by atoms with Gasteiger partial charge in [-0.2, -0.15) is 0 Å². The smallest absolute Gasteiger partial charge is 0.308 e. The summed E-state index contributed by atoms with van der Waals surface area (Å²) in [5.41, 5.74) is 0. The molecule has 1 saturated heterocycles. The average molecular weight is 353 g/mol. The molecule has 0 bridgehead atoms. The van der Waals surface area contributed by atoms with Crippen LogP contribution in [0, 0.1) is 0 Å². The van der Waals surface area contributed by atoms with Crippen molar-refractivity contribution in [2.75, 3.05) is 13.1 Å². The fourth-order valence-electron chi connectivity index (χ4n) is 2.27. The van der Waals surface area contributed by atoms with Crippen molar-refractivity contribution < 1.29 is 23.5 Å². The lowest BCUT2D eigenvalue weighted by molar-refractivity contribution is -0.150. The van der Waals surface area contributed by atoms with Crippen LogP contribution in [-0.2, 0) is 14.3 Å². The predicted octanol–water partition coefficient (Wildman–Crippen LogP) is 0.436. The molecule has 0 radical (unpaired) electrons. The summed E-state index contributed by atoms with van der Waals surface area (Å²) in [6, 6.07) is 2.25. The van der Waals surface area contributed by atoms with Crippen LogP contribution in [0.5, 0.6) is 0 Å². The van der Waals surface area contributed by atoms with Gasteiger partial charge in [0.05, 0.1) is 18.8 Å². The Morgan fingerprint density at radius 2 is 2.29 bits per heavy atom. The zero-order valence-electron chi connectivity index (χ0n) is 13.4. The highest BCUT2D eigenvalue weighted by molar-refractivity contribution is 7.80. The van der Waals surface area contributed by atoms with E-state index in [-0.39, 0.29) is 29.3 Å². The fourth-order valence-corrected chi connectivity index (χ4v) is 2.58. The number of piperazine rings is 1. The maximum Gasteiger partial charge on any atom is 0.308 e. The van der Waals surface area contributed by atoms with Gasteiger partial charge in [-0.05, 0) is 38.2 Å². The third kappa shape index (κ3) is 4.54. The Hall–Kier alpha value is -2.42. The standard InChI is InChI=1S/C15H19N3O5S/c1-9(2)23-12(19)8-10-13(20)16-5-6-18(10)15(24)17-14(21)11-4-3-7-22-11/h3-4,7,9-10H,5-6,8H2,1-2H3,(H,16,20)(H,17,21,24)/t10-/m0/s1. The molecule has 1 aromatic heterocycles. The maximum atomic E-state index is 12.1. The molecule has 0 aliphatic carbocycles. The first-order valence-corrected chi connectivity index (χ1v) is 7.92. The summed E-state index contributed by atoms with van der Waals surface area (Å²) in [5, 5.41) is 5.25. The van der Waals surface area contributed by atoms with Gasteiger partial charge in [0, 0.05) is 13.1 Å². The summed E-state index contributed by atoms with van der Waals surface area (Å²) in [7, 11) is 0. The maximum absolute atomic E-state index is 12.1. The highest BCUT2D eigenvalue weighted by Crippen LogP contribution is 2.12. The Morgan fingerprint density at radius 3 is 2.92 bits per heavy atom. The normalized spacial score (nSPS) is 17.4. The van der Waals surface area contributed by atoms with Gasteiger partial charge < -0.3 is 19.4 Å². The van der Waals surface area contributed by atoms with Gasteiger partial charge in [-0.1, -0.05) is 0 Å². The van der Waals surface area contributed by atoms with Crippen molar-refractivity contribution in [1.82, 2.24) is 15.5 Å². The van der Waals surface area contributed by atoms with E-state index in [0.717, 1.165) is 0 Å². The molecule has 1 aromatic rings. The molecule has 1 fully saturated rings. The molecule has 2 amide bonds. The van der Waals surface area contributed by atoms with E-state index in [0.29, 0.717) is 13.1 Å². The van der Waals surface area contributed by atoms with Gasteiger partial charge in [0.1, 0.15) is 6.04 Å². The monoisotopic (exact) mass is 353 g/mol. The second-order valence-electron chi connectivity index (χ2n) is 5.48. The average Bonchev–Trinajstić information content (AvgIpc) is 3.02. The summed E-state index contributed by atoms with van der Waals surface area (Å²) in [4.78, 5) is 37.5. The summed E-state index contributed by atoms with van der Waals surface area (Å²) in [5.74, 6) is -1.25. The topological polar surface area (TPSA) is 101 Å². The molecule has 2 heterocycles. The number of esters is 1. The van der Waals surface area contributed by atoms with Gasteiger partial charge in [0.2, 0.25) is 5.91 Å². The van der Waals surface area contributed by atoms with Crippen LogP contribution in [0.1, 0.15) is 30.8 Å². The lowest BCUT2D eigenvalue weighted by Gasteiger charge is -2.36. The van der Waals surface area contributed by atoms with E-state index in [4.69, 9.17) is 21.4 Å². The van der Waals surface area contributed by atoms with Crippen molar-refractivity contribution in [3.05, 3.63) is 24.2 Å². The van der Waals surface area contributed by atoms with Crippen molar-refractivity contribution in [3.8, 4) is 0 Å². The number of furan rings is 1. The minimum Gasteiger partial charge on any atom is -0.463 e. The minimum atomic E-state index is -0.825. The number of rotatable bonds is 4. The van der Waals surface area contributed by atoms with Crippen LogP contribution in [-0.4, -0.2) is 53.0 Å². The van der Waals surface area contributed by atoms with E-state index in [9.17, 15) is 14.4 Å². The van der Waals surface area contributed by atoms with Crippen LogP contribution in [0.15, 0.2) is 22.8 Å². The highest BCUT2D eigenvalue weighted by Gasteiger charge is 2.34. The van der Waals surface area contributed by atoms with Gasteiger partial charge in [0.25, 0.3) is 5.91 Å². The van der Waals surface area contributed by atoms with E-state index in [1.807, 2.05) is 0 Å². The molecule has 24 heavy (non-hydrogen) atoms. The number of nitrogens with one attached hydrogen (secondary N) is 2. The molecule has 0 spiro atoms. The molecule has 0 aromatic carbocycles. The van der Waals surface area contributed by atoms with Crippen LogP contribution in [0.4, 0.5) is 0 Å². The third-order valence-electron chi connectivity index (χ3n) is 3.28. The molecule has 8 nitrogen and oxygen atoms in total. The first-order chi connectivity index (χ1) is 11.4. The van der Waals surface area contributed by atoms with E-state index in [1.165, 1.54) is 17.2 Å². The molecular formula is C15H19N3O5S. The summed E-state index contributed by atoms with van der Waals surface area (Å²) in [6.45, 7) is 4.20. The third-order valence-corrected chi connectivity index (χ3v) is 3.62. The zero-order chi connectivity index (χ0) is 17.7. The molecule has 1 aliphatic rings. The van der Waals surface area contributed by atoms with E-state index in [2.05, 4.69) is 10.6 Å². The van der Waals surface area contributed by atoms with Crippen molar-refractivity contribution >= 4 is 35.1 Å². The summed E-state index contributed by atoms with van der Waals surface area (Å²) in [6.07, 6.45) is 0.945. The van der Waals surface area contributed by atoms with Gasteiger partial charge in [-0.25, -0.2) is 0 Å². The van der Waals surface area contributed by atoms with E-state index < -0.39 is 17.9 Å². The van der Waals surface area contributed by atoms with Crippen molar-refractivity contribution in [2.45, 2.75) is 32.4 Å². The van der Waals surface area contributed by atoms with Gasteiger partial charge >= 0.3 is 5.97 Å². The largest absolute Gasteiger partial charge is 0.463 e. The van der Waals surface area contributed by atoms with Gasteiger partial charge in [0.15, 0.2) is 10.9 Å². The minimum absolute atomic E-state index is 0.0635. The van der Waals surface area contributed by atoms with Crippen molar-refractivity contribution in [1.29, 1.82) is 0 Å². The number of carbonyl (C=O) groups is 3.